The molecule has 0 saturated heterocycles. The van der Waals surface area contributed by atoms with E-state index in [4.69, 9.17) is 0 Å². The fraction of sp³-hybridized carbons (Fsp3) is 0.273. The van der Waals surface area contributed by atoms with Gasteiger partial charge in [0.15, 0.2) is 0 Å². The summed E-state index contributed by atoms with van der Waals surface area (Å²) in [5.41, 5.74) is 3.55. The van der Waals surface area contributed by atoms with Gasteiger partial charge in [-0.05, 0) is 46.9 Å². The van der Waals surface area contributed by atoms with Gasteiger partial charge in [0.2, 0.25) is 5.91 Å². The molecule has 2 rings (SSSR count). The van der Waals surface area contributed by atoms with E-state index in [1.165, 1.54) is 16.5 Å². The highest BCUT2D eigenvalue weighted by molar-refractivity contribution is 6.02. The van der Waals surface area contributed by atoms with E-state index in [2.05, 4.69) is 26.1 Å². The Morgan fingerprint density at radius 1 is 0.923 bits per heavy atom. The Morgan fingerprint density at radius 2 is 1.50 bits per heavy atom. The third kappa shape index (κ3) is 5.31. The van der Waals surface area contributed by atoms with Gasteiger partial charge in [-0.15, -0.1) is 0 Å². The highest BCUT2D eigenvalue weighted by Crippen LogP contribution is 2.23. The molecule has 4 nitrogen and oxygen atoms in total. The maximum absolute atomic E-state index is 12.1. The summed E-state index contributed by atoms with van der Waals surface area (Å²) >= 11 is 0. The quantitative estimate of drug-likeness (QED) is 0.834. The minimum absolute atomic E-state index is 0.0445. The van der Waals surface area contributed by atoms with Crippen molar-refractivity contribution in [3.8, 4) is 0 Å². The molecule has 0 heterocycles. The number of rotatable bonds is 4. The van der Waals surface area contributed by atoms with Crippen molar-refractivity contribution in [2.75, 3.05) is 19.4 Å². The second kappa shape index (κ2) is 8.00. The molecule has 2 amide bonds. The van der Waals surface area contributed by atoms with E-state index < -0.39 is 0 Å². The van der Waals surface area contributed by atoms with Crippen LogP contribution in [-0.2, 0) is 10.2 Å². The number of hydrogen-bond acceptors (Lipinski definition) is 2. The minimum Gasteiger partial charge on any atom is -0.345 e. The lowest BCUT2D eigenvalue weighted by atomic mass is 9.87. The molecule has 2 aromatic carbocycles. The molecule has 0 aliphatic carbocycles. The number of nitrogens with zero attached hydrogens (tertiary/aromatic N) is 1. The second-order valence-electron chi connectivity index (χ2n) is 7.47. The van der Waals surface area contributed by atoms with Crippen LogP contribution in [0.15, 0.2) is 54.6 Å². The number of nitrogens with one attached hydrogen (secondary N) is 1. The Morgan fingerprint density at radius 3 is 2.00 bits per heavy atom. The normalized spacial score (nSPS) is 11.4. The minimum atomic E-state index is -0.193. The molecular formula is C22H26N2O2. The van der Waals surface area contributed by atoms with E-state index in [1.54, 1.807) is 32.3 Å². The molecule has 136 valence electrons. The molecule has 0 unspecified atom stereocenters. The smallest absolute Gasteiger partial charge is 0.253 e. The SMILES string of the molecule is CN(C)C(=O)c1ccc(/C=C/C(=O)Nc2ccc(C(C)(C)C)cc2)cc1. The molecule has 0 aliphatic rings. The number of hydrogen-bond donors (Lipinski definition) is 1. The van der Waals surface area contributed by atoms with E-state index in [9.17, 15) is 9.59 Å². The molecule has 0 fully saturated rings. The Labute approximate surface area is 155 Å². The van der Waals surface area contributed by atoms with Crippen LogP contribution in [0.1, 0.15) is 42.3 Å². The van der Waals surface area contributed by atoms with Crippen LogP contribution in [0.4, 0.5) is 5.69 Å². The van der Waals surface area contributed by atoms with Crippen molar-refractivity contribution >= 4 is 23.6 Å². The lowest BCUT2D eigenvalue weighted by molar-refractivity contribution is -0.111. The van der Waals surface area contributed by atoms with E-state index in [0.29, 0.717) is 5.56 Å². The Bertz CT molecular complexity index is 796. The molecule has 0 atom stereocenters. The first-order chi connectivity index (χ1) is 12.2. The lowest BCUT2D eigenvalue weighted by Crippen LogP contribution is -2.21. The summed E-state index contributed by atoms with van der Waals surface area (Å²) in [6, 6.07) is 15.0. The van der Waals surface area contributed by atoms with Crippen molar-refractivity contribution in [1.82, 2.24) is 4.90 Å². The van der Waals surface area contributed by atoms with E-state index in [0.717, 1.165) is 11.3 Å². The van der Waals surface area contributed by atoms with Gasteiger partial charge < -0.3 is 10.2 Å². The standard InChI is InChI=1S/C22H26N2O2/c1-22(2,3)18-11-13-19(14-12-18)23-20(25)15-8-16-6-9-17(10-7-16)21(26)24(4)5/h6-15H,1-5H3,(H,23,25)/b15-8+. The molecule has 0 aromatic heterocycles. The van der Waals surface area contributed by atoms with Crippen molar-refractivity contribution in [2.24, 2.45) is 0 Å². The summed E-state index contributed by atoms with van der Waals surface area (Å²) < 4.78 is 0. The molecule has 0 aliphatic heterocycles. The summed E-state index contributed by atoms with van der Waals surface area (Å²) in [5, 5.41) is 2.85. The number of carbonyl (C=O) groups is 2. The van der Waals surface area contributed by atoms with Crippen LogP contribution in [0.25, 0.3) is 6.08 Å². The number of amides is 2. The van der Waals surface area contributed by atoms with Gasteiger partial charge in [-0.2, -0.15) is 0 Å². The zero-order valence-electron chi connectivity index (χ0n) is 16.0. The van der Waals surface area contributed by atoms with Gasteiger partial charge >= 0.3 is 0 Å². The molecule has 1 N–H and O–H groups in total. The van der Waals surface area contributed by atoms with Gasteiger partial charge in [-0.3, -0.25) is 9.59 Å². The molecule has 2 aromatic rings. The number of anilines is 1. The molecule has 0 saturated carbocycles. The summed E-state index contributed by atoms with van der Waals surface area (Å²) in [6.45, 7) is 6.46. The van der Waals surface area contributed by atoms with Crippen LogP contribution in [-0.4, -0.2) is 30.8 Å². The molecular weight excluding hydrogens is 324 g/mol. The van der Waals surface area contributed by atoms with Gasteiger partial charge in [0, 0.05) is 31.4 Å². The van der Waals surface area contributed by atoms with Crippen molar-refractivity contribution in [1.29, 1.82) is 0 Å². The van der Waals surface area contributed by atoms with Crippen LogP contribution in [0.2, 0.25) is 0 Å². The zero-order chi connectivity index (χ0) is 19.3. The lowest BCUT2D eigenvalue weighted by Gasteiger charge is -2.19. The van der Waals surface area contributed by atoms with Crippen LogP contribution in [0, 0.1) is 0 Å². The predicted molar refractivity (Wildman–Crippen MR) is 107 cm³/mol. The fourth-order valence-corrected chi connectivity index (χ4v) is 2.40. The van der Waals surface area contributed by atoms with Crippen LogP contribution in [0.5, 0.6) is 0 Å². The average Bonchev–Trinajstić information content (AvgIpc) is 2.59. The monoisotopic (exact) mass is 350 g/mol. The van der Waals surface area contributed by atoms with Crippen LogP contribution >= 0.6 is 0 Å². The predicted octanol–water partition coefficient (Wildman–Crippen LogP) is 4.34. The van der Waals surface area contributed by atoms with E-state index in [-0.39, 0.29) is 17.2 Å². The maximum Gasteiger partial charge on any atom is 0.253 e. The van der Waals surface area contributed by atoms with Crippen LogP contribution < -0.4 is 5.32 Å². The van der Waals surface area contributed by atoms with Crippen LogP contribution in [0.3, 0.4) is 0 Å². The molecule has 4 heteroatoms. The Kier molecular flexibility index (Phi) is 5.98. The van der Waals surface area contributed by atoms with Gasteiger partial charge in [-0.1, -0.05) is 45.0 Å². The van der Waals surface area contributed by atoms with Crippen molar-refractivity contribution < 1.29 is 9.59 Å². The molecule has 0 spiro atoms. The maximum atomic E-state index is 12.1. The van der Waals surface area contributed by atoms with E-state index >= 15 is 0 Å². The topological polar surface area (TPSA) is 49.4 Å². The summed E-state index contributed by atoms with van der Waals surface area (Å²) in [4.78, 5) is 25.5. The van der Waals surface area contributed by atoms with Gasteiger partial charge in [-0.25, -0.2) is 0 Å². The average molecular weight is 350 g/mol. The highest BCUT2D eigenvalue weighted by atomic mass is 16.2. The first kappa shape index (κ1) is 19.4. The fourth-order valence-electron chi connectivity index (χ4n) is 2.40. The first-order valence-electron chi connectivity index (χ1n) is 8.58. The third-order valence-corrected chi connectivity index (χ3v) is 4.01. The summed E-state index contributed by atoms with van der Waals surface area (Å²) in [5.74, 6) is -0.237. The van der Waals surface area contributed by atoms with E-state index in [1.807, 2.05) is 36.4 Å². The van der Waals surface area contributed by atoms with Gasteiger partial charge in [0.25, 0.3) is 5.91 Å². The first-order valence-corrected chi connectivity index (χ1v) is 8.58. The van der Waals surface area contributed by atoms with Gasteiger partial charge in [0.05, 0.1) is 0 Å². The summed E-state index contributed by atoms with van der Waals surface area (Å²) in [6.07, 6.45) is 3.21. The number of carbonyl (C=O) groups excluding carboxylic acids is 2. The van der Waals surface area contributed by atoms with Crippen molar-refractivity contribution in [3.05, 3.63) is 71.3 Å². The third-order valence-electron chi connectivity index (χ3n) is 4.01. The molecule has 26 heavy (non-hydrogen) atoms. The highest BCUT2D eigenvalue weighted by Gasteiger charge is 2.13. The largest absolute Gasteiger partial charge is 0.345 e. The Hall–Kier alpha value is -2.88. The second-order valence-corrected chi connectivity index (χ2v) is 7.47. The van der Waals surface area contributed by atoms with Crippen molar-refractivity contribution in [2.45, 2.75) is 26.2 Å². The van der Waals surface area contributed by atoms with Crippen molar-refractivity contribution in [3.63, 3.8) is 0 Å². The van der Waals surface area contributed by atoms with Gasteiger partial charge in [0.1, 0.15) is 0 Å². The zero-order valence-corrected chi connectivity index (χ0v) is 16.0. The molecule has 0 radical (unpaired) electrons. The molecule has 0 bridgehead atoms. The Balaban J connectivity index is 1.98. The summed E-state index contributed by atoms with van der Waals surface area (Å²) in [7, 11) is 3.43. The number of benzene rings is 2.